The quantitative estimate of drug-likeness (QED) is 0.627. The summed E-state index contributed by atoms with van der Waals surface area (Å²) in [6, 6.07) is 0. The van der Waals surface area contributed by atoms with Crippen LogP contribution in [0, 0.1) is 0 Å². The molecule has 1 saturated heterocycles. The minimum atomic E-state index is -3.34. The smallest absolute Gasteiger partial charge is 0.222 e. The molecule has 0 aliphatic carbocycles. The Morgan fingerprint density at radius 2 is 2.27 bits per heavy atom. The number of sulfone groups is 1. The van der Waals surface area contributed by atoms with Crippen molar-refractivity contribution < 1.29 is 13.5 Å². The Bertz CT molecular complexity index is 586. The van der Waals surface area contributed by atoms with Crippen molar-refractivity contribution in [3.63, 3.8) is 0 Å². The van der Waals surface area contributed by atoms with Crippen LogP contribution in [0.5, 0.6) is 0 Å². The van der Waals surface area contributed by atoms with Gasteiger partial charge in [0.1, 0.15) is 4.90 Å². The van der Waals surface area contributed by atoms with Gasteiger partial charge >= 0.3 is 0 Å². The molecular weight excluding hydrogens is 304 g/mol. The highest BCUT2D eigenvalue weighted by molar-refractivity contribution is 7.90. The first-order valence-corrected chi connectivity index (χ1v) is 9.54. The Morgan fingerprint density at radius 1 is 1.45 bits per heavy atom. The van der Waals surface area contributed by atoms with Crippen molar-refractivity contribution in [2.24, 2.45) is 0 Å². The van der Waals surface area contributed by atoms with E-state index in [9.17, 15) is 8.42 Å². The average Bonchev–Trinajstić information content (AvgIpc) is 2.51. The molecule has 22 heavy (non-hydrogen) atoms. The second kappa shape index (κ2) is 7.85. The van der Waals surface area contributed by atoms with Crippen molar-refractivity contribution in [3.8, 4) is 0 Å². The first kappa shape index (κ1) is 17.1. The van der Waals surface area contributed by atoms with Gasteiger partial charge in [0.25, 0.3) is 0 Å². The van der Waals surface area contributed by atoms with Gasteiger partial charge in [0, 0.05) is 31.9 Å². The third kappa shape index (κ3) is 4.62. The summed E-state index contributed by atoms with van der Waals surface area (Å²) in [5.41, 5.74) is 0.606. The Balaban J connectivity index is 2.21. The number of hydrogen-bond acceptors (Lipinski definition) is 7. The average molecular weight is 328 g/mol. The second-order valence-corrected chi connectivity index (χ2v) is 7.60. The SMILES string of the molecule is CS(=O)(=O)c1cnc(NCCCCO)nc1[C@@H]1CCCNC1. The molecule has 1 aliphatic rings. The molecule has 0 amide bonds. The van der Waals surface area contributed by atoms with Gasteiger partial charge in [-0.15, -0.1) is 0 Å². The molecular formula is C14H24N4O3S. The summed E-state index contributed by atoms with van der Waals surface area (Å²) in [6.07, 6.45) is 6.07. The van der Waals surface area contributed by atoms with Gasteiger partial charge in [-0.1, -0.05) is 0 Å². The number of nitrogens with one attached hydrogen (secondary N) is 2. The van der Waals surface area contributed by atoms with Crippen molar-refractivity contribution >= 4 is 15.8 Å². The van der Waals surface area contributed by atoms with Crippen LogP contribution in [0.4, 0.5) is 5.95 Å². The van der Waals surface area contributed by atoms with E-state index in [1.54, 1.807) is 0 Å². The highest BCUT2D eigenvalue weighted by Crippen LogP contribution is 2.27. The lowest BCUT2D eigenvalue weighted by Crippen LogP contribution is -2.30. The van der Waals surface area contributed by atoms with Crippen molar-refractivity contribution in [1.29, 1.82) is 0 Å². The number of nitrogens with zero attached hydrogens (tertiary/aromatic N) is 2. The summed E-state index contributed by atoms with van der Waals surface area (Å²) in [7, 11) is -3.34. The largest absolute Gasteiger partial charge is 0.396 e. The molecule has 0 spiro atoms. The minimum absolute atomic E-state index is 0.0967. The van der Waals surface area contributed by atoms with E-state index in [2.05, 4.69) is 20.6 Å². The molecule has 0 unspecified atom stereocenters. The van der Waals surface area contributed by atoms with Crippen LogP contribution in [0.15, 0.2) is 11.1 Å². The number of rotatable bonds is 7. The zero-order valence-electron chi connectivity index (χ0n) is 12.9. The maximum absolute atomic E-state index is 12.0. The molecule has 2 rings (SSSR count). The number of aromatic nitrogens is 2. The molecule has 1 aromatic heterocycles. The van der Waals surface area contributed by atoms with Gasteiger partial charge in [0.15, 0.2) is 9.84 Å². The molecule has 1 atom stereocenters. The summed E-state index contributed by atoms with van der Waals surface area (Å²) < 4.78 is 23.9. The maximum Gasteiger partial charge on any atom is 0.222 e. The molecule has 8 heteroatoms. The van der Waals surface area contributed by atoms with Gasteiger partial charge in [-0.05, 0) is 32.2 Å². The monoisotopic (exact) mass is 328 g/mol. The Labute approximate surface area is 131 Å². The van der Waals surface area contributed by atoms with E-state index >= 15 is 0 Å². The van der Waals surface area contributed by atoms with Crippen LogP contribution in [0.2, 0.25) is 0 Å². The Hall–Kier alpha value is -1.25. The molecule has 0 saturated carbocycles. The molecule has 1 aliphatic heterocycles. The van der Waals surface area contributed by atoms with Gasteiger partial charge < -0.3 is 15.7 Å². The lowest BCUT2D eigenvalue weighted by Gasteiger charge is -2.24. The van der Waals surface area contributed by atoms with Gasteiger partial charge in [0.05, 0.1) is 11.9 Å². The predicted octanol–water partition coefficient (Wildman–Crippen LogP) is 0.531. The number of aliphatic hydroxyl groups is 1. The van der Waals surface area contributed by atoms with E-state index in [4.69, 9.17) is 5.11 Å². The fourth-order valence-electron chi connectivity index (χ4n) is 2.57. The van der Waals surface area contributed by atoms with E-state index in [-0.39, 0.29) is 17.4 Å². The fraction of sp³-hybridized carbons (Fsp3) is 0.714. The normalized spacial score (nSPS) is 19.1. The lowest BCUT2D eigenvalue weighted by atomic mass is 9.96. The number of aliphatic hydroxyl groups excluding tert-OH is 1. The molecule has 1 aromatic rings. The summed E-state index contributed by atoms with van der Waals surface area (Å²) in [5, 5.41) is 15.1. The molecule has 0 aromatic carbocycles. The molecule has 0 bridgehead atoms. The van der Waals surface area contributed by atoms with E-state index in [0.717, 1.165) is 32.4 Å². The van der Waals surface area contributed by atoms with Crippen LogP contribution in [0.1, 0.15) is 37.3 Å². The number of hydrogen-bond donors (Lipinski definition) is 3. The first-order valence-electron chi connectivity index (χ1n) is 7.65. The van der Waals surface area contributed by atoms with Crippen LogP contribution in [0.3, 0.4) is 0 Å². The third-order valence-electron chi connectivity index (χ3n) is 3.73. The first-order chi connectivity index (χ1) is 10.5. The van der Waals surface area contributed by atoms with Crippen LogP contribution in [0.25, 0.3) is 0 Å². The standard InChI is InChI=1S/C14H24N4O3S/c1-22(20,21)12-10-17-14(16-7-2-3-8-19)18-13(12)11-5-4-6-15-9-11/h10-11,15,19H,2-9H2,1H3,(H,16,17,18)/t11-/m1/s1. The van der Waals surface area contributed by atoms with Gasteiger partial charge in [-0.3, -0.25) is 0 Å². The van der Waals surface area contributed by atoms with Gasteiger partial charge in [0.2, 0.25) is 5.95 Å². The maximum atomic E-state index is 12.0. The van der Waals surface area contributed by atoms with Gasteiger partial charge in [-0.25, -0.2) is 18.4 Å². The van der Waals surface area contributed by atoms with Crippen molar-refractivity contribution in [1.82, 2.24) is 15.3 Å². The molecule has 1 fully saturated rings. The molecule has 3 N–H and O–H groups in total. The lowest BCUT2D eigenvalue weighted by molar-refractivity contribution is 0.286. The molecule has 7 nitrogen and oxygen atoms in total. The predicted molar refractivity (Wildman–Crippen MR) is 84.8 cm³/mol. The number of piperidine rings is 1. The molecule has 0 radical (unpaired) electrons. The van der Waals surface area contributed by atoms with E-state index in [1.165, 1.54) is 12.5 Å². The number of unbranched alkanes of at least 4 members (excludes halogenated alkanes) is 1. The Kier molecular flexibility index (Phi) is 6.10. The van der Waals surface area contributed by atoms with Crippen LogP contribution >= 0.6 is 0 Å². The van der Waals surface area contributed by atoms with E-state index < -0.39 is 9.84 Å². The van der Waals surface area contributed by atoms with Crippen molar-refractivity contribution in [2.75, 3.05) is 37.8 Å². The highest BCUT2D eigenvalue weighted by Gasteiger charge is 2.25. The summed E-state index contributed by atoms with van der Waals surface area (Å²) in [6.45, 7) is 2.52. The summed E-state index contributed by atoms with van der Waals surface area (Å²) in [5.74, 6) is 0.547. The van der Waals surface area contributed by atoms with Gasteiger partial charge in [-0.2, -0.15) is 0 Å². The summed E-state index contributed by atoms with van der Waals surface area (Å²) >= 11 is 0. The van der Waals surface area contributed by atoms with Crippen molar-refractivity contribution in [3.05, 3.63) is 11.9 Å². The van der Waals surface area contributed by atoms with Crippen molar-refractivity contribution in [2.45, 2.75) is 36.5 Å². The number of anilines is 1. The fourth-order valence-corrected chi connectivity index (χ4v) is 3.41. The summed E-state index contributed by atoms with van der Waals surface area (Å²) in [4.78, 5) is 8.79. The van der Waals surface area contributed by atoms with Crippen LogP contribution < -0.4 is 10.6 Å². The van der Waals surface area contributed by atoms with Crippen LogP contribution in [-0.2, 0) is 9.84 Å². The second-order valence-electron chi connectivity index (χ2n) is 5.62. The van der Waals surface area contributed by atoms with E-state index in [0.29, 0.717) is 24.6 Å². The molecule has 2 heterocycles. The molecule has 124 valence electrons. The minimum Gasteiger partial charge on any atom is -0.396 e. The zero-order chi connectivity index (χ0) is 16.0. The topological polar surface area (TPSA) is 104 Å². The third-order valence-corrected chi connectivity index (χ3v) is 4.85. The highest BCUT2D eigenvalue weighted by atomic mass is 32.2. The Morgan fingerprint density at radius 3 is 2.91 bits per heavy atom. The zero-order valence-corrected chi connectivity index (χ0v) is 13.7. The van der Waals surface area contributed by atoms with E-state index in [1.807, 2.05) is 0 Å². The van der Waals surface area contributed by atoms with Crippen LogP contribution in [-0.4, -0.2) is 56.0 Å².